The fourth-order valence-corrected chi connectivity index (χ4v) is 2.17. The predicted octanol–water partition coefficient (Wildman–Crippen LogP) is 2.04. The number of ether oxygens (including phenoxy) is 1. The van der Waals surface area contributed by atoms with E-state index < -0.39 is 11.9 Å². The quantitative estimate of drug-likeness (QED) is 0.725. The smallest absolute Gasteiger partial charge is 0.325 e. The number of furan rings is 1. The molecule has 122 valence electrons. The highest BCUT2D eigenvalue weighted by atomic mass is 16.5. The van der Waals surface area contributed by atoms with Gasteiger partial charge in [0.25, 0.3) is 5.91 Å². The number of nitrogens with zero attached hydrogens (tertiary/aromatic N) is 2. The number of rotatable bonds is 5. The summed E-state index contributed by atoms with van der Waals surface area (Å²) < 4.78 is 11.4. The van der Waals surface area contributed by atoms with Crippen molar-refractivity contribution in [3.05, 3.63) is 60.5 Å². The fourth-order valence-electron chi connectivity index (χ4n) is 2.17. The molecule has 0 radical (unpaired) electrons. The maximum absolute atomic E-state index is 12.4. The second kappa shape index (κ2) is 6.82. The molecule has 0 atom stereocenters. The molecular formula is C17H15N3O4. The maximum Gasteiger partial charge on any atom is 0.325 e. The third kappa shape index (κ3) is 3.19. The van der Waals surface area contributed by atoms with Crippen LogP contribution in [0.2, 0.25) is 0 Å². The standard InChI is InChI=1S/C17H15N3O4/c1-23-16(21)11-18-17(22)14-10-13(15-8-5-9-24-15)19-20(14)12-6-3-2-4-7-12/h2-10H,11H2,1H3,(H,18,22). The zero-order valence-electron chi connectivity index (χ0n) is 12.9. The molecule has 0 saturated heterocycles. The topological polar surface area (TPSA) is 86.4 Å². The third-order valence-electron chi connectivity index (χ3n) is 3.34. The summed E-state index contributed by atoms with van der Waals surface area (Å²) >= 11 is 0. The molecule has 0 unspecified atom stereocenters. The van der Waals surface area contributed by atoms with Crippen LogP contribution in [0.1, 0.15) is 10.5 Å². The number of nitrogens with one attached hydrogen (secondary N) is 1. The fraction of sp³-hybridized carbons (Fsp3) is 0.118. The third-order valence-corrected chi connectivity index (χ3v) is 3.34. The highest BCUT2D eigenvalue weighted by Gasteiger charge is 2.19. The molecule has 0 bridgehead atoms. The molecule has 2 heterocycles. The molecule has 3 aromatic rings. The van der Waals surface area contributed by atoms with Crippen molar-refractivity contribution < 1.29 is 18.7 Å². The SMILES string of the molecule is COC(=O)CNC(=O)c1cc(-c2ccco2)nn1-c1ccccc1. The van der Waals surface area contributed by atoms with E-state index in [0.717, 1.165) is 5.69 Å². The van der Waals surface area contributed by atoms with Crippen LogP contribution < -0.4 is 5.32 Å². The van der Waals surface area contributed by atoms with Gasteiger partial charge in [0.05, 0.1) is 19.1 Å². The average molecular weight is 325 g/mol. The Hall–Kier alpha value is -3.35. The van der Waals surface area contributed by atoms with E-state index in [1.165, 1.54) is 18.1 Å². The van der Waals surface area contributed by atoms with Gasteiger partial charge in [-0.3, -0.25) is 9.59 Å². The van der Waals surface area contributed by atoms with Crippen molar-refractivity contribution in [2.45, 2.75) is 0 Å². The van der Waals surface area contributed by atoms with Crippen LogP contribution in [-0.4, -0.2) is 35.3 Å². The number of carbonyl (C=O) groups excluding carboxylic acids is 2. The van der Waals surface area contributed by atoms with Gasteiger partial charge in [0.1, 0.15) is 17.9 Å². The Kier molecular flexibility index (Phi) is 4.42. The number of methoxy groups -OCH3 is 1. The molecule has 3 rings (SSSR count). The second-order valence-electron chi connectivity index (χ2n) is 4.90. The number of hydrogen-bond acceptors (Lipinski definition) is 5. The summed E-state index contributed by atoms with van der Waals surface area (Å²) in [6.45, 7) is -0.217. The lowest BCUT2D eigenvalue weighted by Crippen LogP contribution is -2.31. The Bertz CT molecular complexity index is 838. The van der Waals surface area contributed by atoms with E-state index in [0.29, 0.717) is 11.5 Å². The molecule has 0 aliphatic heterocycles. The molecule has 0 saturated carbocycles. The number of hydrogen-bond donors (Lipinski definition) is 1. The van der Waals surface area contributed by atoms with Crippen LogP contribution in [0, 0.1) is 0 Å². The number of amides is 1. The van der Waals surface area contributed by atoms with E-state index in [9.17, 15) is 9.59 Å². The minimum atomic E-state index is -0.527. The summed E-state index contributed by atoms with van der Waals surface area (Å²) in [5, 5.41) is 6.95. The van der Waals surface area contributed by atoms with Gasteiger partial charge in [-0.1, -0.05) is 18.2 Å². The lowest BCUT2D eigenvalue weighted by Gasteiger charge is -2.07. The molecule has 0 aliphatic carbocycles. The zero-order chi connectivity index (χ0) is 16.9. The summed E-state index contributed by atoms with van der Waals surface area (Å²) in [5.41, 5.74) is 1.53. The van der Waals surface area contributed by atoms with E-state index in [2.05, 4.69) is 15.2 Å². The van der Waals surface area contributed by atoms with E-state index >= 15 is 0 Å². The first-order valence-electron chi connectivity index (χ1n) is 7.23. The van der Waals surface area contributed by atoms with Gasteiger partial charge in [-0.2, -0.15) is 5.10 Å². The molecule has 1 N–H and O–H groups in total. The Morgan fingerprint density at radius 3 is 2.67 bits per heavy atom. The summed E-state index contributed by atoms with van der Waals surface area (Å²) in [6, 6.07) is 14.3. The monoisotopic (exact) mass is 325 g/mol. The first-order valence-corrected chi connectivity index (χ1v) is 7.23. The van der Waals surface area contributed by atoms with Crippen LogP contribution in [0.5, 0.6) is 0 Å². The molecule has 1 amide bonds. The van der Waals surface area contributed by atoms with E-state index in [-0.39, 0.29) is 12.2 Å². The Morgan fingerprint density at radius 2 is 2.00 bits per heavy atom. The van der Waals surface area contributed by atoms with Gasteiger partial charge < -0.3 is 14.5 Å². The lowest BCUT2D eigenvalue weighted by molar-refractivity contribution is -0.139. The summed E-state index contributed by atoms with van der Waals surface area (Å²) in [7, 11) is 1.26. The van der Waals surface area contributed by atoms with Gasteiger partial charge >= 0.3 is 5.97 Å². The molecule has 7 nitrogen and oxygen atoms in total. The van der Waals surface area contributed by atoms with Gasteiger partial charge in [0, 0.05) is 6.07 Å². The summed E-state index contributed by atoms with van der Waals surface area (Å²) in [5.74, 6) is -0.415. The van der Waals surface area contributed by atoms with Gasteiger partial charge in [-0.25, -0.2) is 4.68 Å². The Labute approximate surface area is 137 Å². The van der Waals surface area contributed by atoms with Gasteiger partial charge in [-0.05, 0) is 24.3 Å². The average Bonchev–Trinajstić information content (AvgIpc) is 3.29. The zero-order valence-corrected chi connectivity index (χ0v) is 12.9. The number of esters is 1. The minimum Gasteiger partial charge on any atom is -0.468 e. The van der Waals surface area contributed by atoms with Crippen molar-refractivity contribution in [2.24, 2.45) is 0 Å². The van der Waals surface area contributed by atoms with Crippen LogP contribution in [0.25, 0.3) is 17.1 Å². The number of aromatic nitrogens is 2. The minimum absolute atomic E-state index is 0.217. The van der Waals surface area contributed by atoms with Crippen LogP contribution in [0.15, 0.2) is 59.2 Å². The van der Waals surface area contributed by atoms with Gasteiger partial charge in [0.15, 0.2) is 5.76 Å². The normalized spacial score (nSPS) is 10.4. The predicted molar refractivity (Wildman–Crippen MR) is 85.6 cm³/mol. The first kappa shape index (κ1) is 15.5. The molecule has 2 aromatic heterocycles. The largest absolute Gasteiger partial charge is 0.468 e. The number of para-hydroxylation sites is 1. The van der Waals surface area contributed by atoms with Crippen LogP contribution in [0.3, 0.4) is 0 Å². The molecule has 0 fully saturated rings. The van der Waals surface area contributed by atoms with Crippen molar-refractivity contribution in [1.82, 2.24) is 15.1 Å². The van der Waals surface area contributed by atoms with Crippen molar-refractivity contribution in [1.29, 1.82) is 0 Å². The molecule has 24 heavy (non-hydrogen) atoms. The highest BCUT2D eigenvalue weighted by molar-refractivity contribution is 5.95. The molecule has 7 heteroatoms. The molecule has 1 aromatic carbocycles. The van der Waals surface area contributed by atoms with Crippen molar-refractivity contribution in [3.63, 3.8) is 0 Å². The summed E-state index contributed by atoms with van der Waals surface area (Å²) in [4.78, 5) is 23.7. The first-order chi connectivity index (χ1) is 11.7. The van der Waals surface area contributed by atoms with Gasteiger partial charge in [0.2, 0.25) is 0 Å². The van der Waals surface area contributed by atoms with Crippen LogP contribution in [0.4, 0.5) is 0 Å². The highest BCUT2D eigenvalue weighted by Crippen LogP contribution is 2.22. The van der Waals surface area contributed by atoms with E-state index in [1.54, 1.807) is 18.2 Å². The van der Waals surface area contributed by atoms with Crippen molar-refractivity contribution in [3.8, 4) is 17.1 Å². The Morgan fingerprint density at radius 1 is 1.21 bits per heavy atom. The van der Waals surface area contributed by atoms with Crippen molar-refractivity contribution in [2.75, 3.05) is 13.7 Å². The number of carbonyl (C=O) groups is 2. The van der Waals surface area contributed by atoms with Crippen molar-refractivity contribution >= 4 is 11.9 Å². The van der Waals surface area contributed by atoms with E-state index in [4.69, 9.17) is 4.42 Å². The van der Waals surface area contributed by atoms with Crippen LogP contribution >= 0.6 is 0 Å². The summed E-state index contributed by atoms with van der Waals surface area (Å²) in [6.07, 6.45) is 1.54. The lowest BCUT2D eigenvalue weighted by atomic mass is 10.2. The Balaban J connectivity index is 1.97. The van der Waals surface area contributed by atoms with Crippen LogP contribution in [-0.2, 0) is 9.53 Å². The second-order valence-corrected chi connectivity index (χ2v) is 4.90. The maximum atomic E-state index is 12.4. The molecule has 0 aliphatic rings. The molecule has 0 spiro atoms. The molecular weight excluding hydrogens is 310 g/mol. The van der Waals surface area contributed by atoms with Gasteiger partial charge in [-0.15, -0.1) is 0 Å². The van der Waals surface area contributed by atoms with E-state index in [1.807, 2.05) is 30.3 Å². The number of benzene rings is 1.